The fraction of sp³-hybridized carbons (Fsp3) is 0.361. The van der Waals surface area contributed by atoms with Crippen molar-refractivity contribution in [3.05, 3.63) is 276 Å². The Labute approximate surface area is 662 Å². The minimum Gasteiger partial charge on any atom is -0.478 e. The molecule has 5 heterocycles. The van der Waals surface area contributed by atoms with Crippen molar-refractivity contribution >= 4 is 103 Å². The SMILES string of the molecule is CC[C@@](O)(c1cc(F)c(C(=O)c2ccc(Cl)cc2)c(C(=O)O)c1)C1CCOCC1.CC[C@@](O)(c1cc(F)c2c(c1)C(=O)N(Cc1ccc(Cl)cc1Br)[C@@]2(OC)c1ccc(Cl)cc1)C1CCOCC1.CC[C@@](O)(c1cc(F)c2c(c1)C(=O)N(Cc1ccc(Cl)cc1C(=O)O)[C@@]2(OC)c1ccc(Cl)cc1)C1CCOCC1. The Morgan fingerprint density at radius 3 is 1.18 bits per heavy atom. The van der Waals surface area contributed by atoms with E-state index in [0.29, 0.717) is 138 Å². The zero-order valence-corrected chi connectivity index (χ0v) is 65.6. The predicted octanol–water partition coefficient (Wildman–Crippen LogP) is 18.2. The third kappa shape index (κ3) is 16.0. The molecule has 8 aromatic rings. The molecule has 5 atom stereocenters. The summed E-state index contributed by atoms with van der Waals surface area (Å²) < 4.78 is 77.1. The van der Waals surface area contributed by atoms with E-state index < -0.39 is 86.4 Å². The van der Waals surface area contributed by atoms with Gasteiger partial charge < -0.3 is 49.2 Å². The van der Waals surface area contributed by atoms with Crippen LogP contribution in [0.25, 0.3) is 0 Å². The van der Waals surface area contributed by atoms with Gasteiger partial charge in [-0.05, 0) is 213 Å². The Balaban J connectivity index is 0.000000165. The van der Waals surface area contributed by atoms with Crippen molar-refractivity contribution in [3.8, 4) is 0 Å². The third-order valence-electron chi connectivity index (χ3n) is 22.1. The van der Waals surface area contributed by atoms with Gasteiger partial charge in [-0.25, -0.2) is 22.8 Å². The van der Waals surface area contributed by atoms with Gasteiger partial charge in [0.15, 0.2) is 17.2 Å². The minimum atomic E-state index is -1.75. The van der Waals surface area contributed by atoms with Crippen LogP contribution >= 0.6 is 73.9 Å². The molecule has 0 saturated carbocycles. The van der Waals surface area contributed by atoms with Crippen molar-refractivity contribution in [2.45, 2.75) is 120 Å². The molecule has 0 radical (unpaired) electrons. The number of carboxylic acid groups (broad SMARTS) is 2. The van der Waals surface area contributed by atoms with Crippen LogP contribution in [0.5, 0.6) is 0 Å². The van der Waals surface area contributed by atoms with Crippen molar-refractivity contribution in [1.82, 2.24) is 9.80 Å². The topological polar surface area (TPSA) is 239 Å². The normalized spacial score (nSPS) is 19.9. The van der Waals surface area contributed by atoms with Gasteiger partial charge in [-0.1, -0.05) is 131 Å². The number of rotatable bonds is 21. The molecule has 26 heteroatoms. The van der Waals surface area contributed by atoms with Gasteiger partial charge in [-0.15, -0.1) is 0 Å². The minimum absolute atomic E-state index is 0.0210. The molecule has 0 spiro atoms. The van der Waals surface area contributed by atoms with Gasteiger partial charge >= 0.3 is 11.9 Å². The van der Waals surface area contributed by atoms with E-state index in [4.69, 9.17) is 81.7 Å². The van der Waals surface area contributed by atoms with E-state index in [9.17, 15) is 49.5 Å². The van der Waals surface area contributed by atoms with Gasteiger partial charge in [0.2, 0.25) is 0 Å². The second-order valence-corrected chi connectivity index (χ2v) is 30.6. The number of nitrogens with zero attached hydrogens (tertiary/aromatic N) is 2. The summed E-state index contributed by atoms with van der Waals surface area (Å²) in [5, 5.41) is 56.6. The number of carbonyl (C=O) groups excluding carboxylic acids is 3. The Bertz CT molecular complexity index is 4740. The second-order valence-electron chi connectivity index (χ2n) is 27.6. The number of benzene rings is 8. The number of methoxy groups -OCH3 is 2. The molecule has 5 N–H and O–H groups in total. The number of fused-ring (bicyclic) bond motifs is 2. The zero-order valence-electron chi connectivity index (χ0n) is 60.2. The summed E-state index contributed by atoms with van der Waals surface area (Å²) in [4.78, 5) is 68.0. The summed E-state index contributed by atoms with van der Waals surface area (Å²) >= 11 is 33.9. The van der Waals surface area contributed by atoms with Crippen LogP contribution in [0.3, 0.4) is 0 Å². The first-order valence-electron chi connectivity index (χ1n) is 35.7. The number of ether oxygens (including phenoxy) is 5. The van der Waals surface area contributed by atoms with Gasteiger partial charge in [-0.2, -0.15) is 0 Å². The number of ketones is 1. The summed E-state index contributed by atoms with van der Waals surface area (Å²) in [6.07, 6.45) is 4.64. The van der Waals surface area contributed by atoms with E-state index in [2.05, 4.69) is 15.9 Å². The van der Waals surface area contributed by atoms with Crippen molar-refractivity contribution in [2.24, 2.45) is 17.8 Å². The lowest BCUT2D eigenvalue weighted by atomic mass is 9.74. The highest BCUT2D eigenvalue weighted by molar-refractivity contribution is 9.10. The number of carboxylic acids is 2. The average molecular weight is 1660 g/mol. The molecule has 3 saturated heterocycles. The average Bonchev–Trinajstić information content (AvgIpc) is 1.55. The summed E-state index contributed by atoms with van der Waals surface area (Å²) in [5.74, 6) is -7.20. The summed E-state index contributed by atoms with van der Waals surface area (Å²) in [6.45, 7) is 8.36. The van der Waals surface area contributed by atoms with Crippen LogP contribution in [0.2, 0.25) is 25.1 Å². The Morgan fingerprint density at radius 1 is 0.477 bits per heavy atom. The van der Waals surface area contributed by atoms with Crippen molar-refractivity contribution in [3.63, 3.8) is 0 Å². The maximum absolute atomic E-state index is 16.4. The van der Waals surface area contributed by atoms with Crippen molar-refractivity contribution < 1.29 is 86.4 Å². The Morgan fingerprint density at radius 2 is 0.817 bits per heavy atom. The van der Waals surface area contributed by atoms with Gasteiger partial charge in [-0.3, -0.25) is 24.2 Å². The first kappa shape index (κ1) is 82.7. The van der Waals surface area contributed by atoms with E-state index in [1.165, 1.54) is 84.7 Å². The van der Waals surface area contributed by atoms with Crippen LogP contribution in [0, 0.1) is 35.2 Å². The number of hydrogen-bond donors (Lipinski definition) is 5. The van der Waals surface area contributed by atoms with Crippen LogP contribution in [0.15, 0.2) is 150 Å². The number of aliphatic hydroxyl groups is 3. The molecule has 109 heavy (non-hydrogen) atoms. The molecule has 17 nitrogen and oxygen atoms in total. The monoisotopic (exact) mass is 1660 g/mol. The van der Waals surface area contributed by atoms with E-state index in [0.717, 1.165) is 11.6 Å². The van der Waals surface area contributed by atoms with E-state index in [1.807, 2.05) is 19.9 Å². The van der Waals surface area contributed by atoms with Crippen molar-refractivity contribution in [1.29, 1.82) is 0 Å². The standard InChI is InChI=1S/C31H30Cl2FNO6.C30H29BrCl2FNO4.C22H22ClFO5/c1-3-30(39,19-10-12-41-13-11-19)21-14-25-27(26(34)15-21)31(40-2,20-5-8-22(32)9-6-20)35(28(25)36)17-18-4-7-23(33)16-24(18)29(37)38;1-3-29(37,19-10-12-39-13-11-19)21-14-24-27(26(34)15-21)30(38-2,20-5-8-22(32)9-6-20)35(28(24)36)17-18-4-7-23(33)16-25(18)31;1-2-22(28,14-7-9-29-10-8-14)15-11-17(21(26)27)19(18(24)12-15)20(25)13-3-5-16(23)6-4-13/h4-9,14-16,19,39H,3,10-13,17H2,1-2H3,(H,37,38);4-9,14-16,19,37H,3,10-13,17H2,1-2H3;3-6,11-12,14,28H,2,7-10H2,1H3,(H,26,27)/t30-,31+;29-,30+;22-/m000/s1. The van der Waals surface area contributed by atoms with Gasteiger partial charge in [0.05, 0.1) is 68.8 Å². The molecule has 0 bridgehead atoms. The van der Waals surface area contributed by atoms with Crippen LogP contribution < -0.4 is 0 Å². The van der Waals surface area contributed by atoms with E-state index in [-0.39, 0.29) is 86.8 Å². The first-order chi connectivity index (χ1) is 52.0. The number of carbonyl (C=O) groups is 5. The third-order valence-corrected chi connectivity index (χ3v) is 24.0. The smallest absolute Gasteiger partial charge is 0.336 e. The summed E-state index contributed by atoms with van der Waals surface area (Å²) in [6, 6.07) is 36.9. The van der Waals surface area contributed by atoms with Gasteiger partial charge in [0, 0.05) is 100 Å². The highest BCUT2D eigenvalue weighted by Crippen LogP contribution is 2.53. The lowest BCUT2D eigenvalue weighted by Crippen LogP contribution is -2.46. The van der Waals surface area contributed by atoms with Crippen molar-refractivity contribution in [2.75, 3.05) is 53.9 Å². The molecule has 0 aliphatic carbocycles. The van der Waals surface area contributed by atoms with Crippen LogP contribution in [0.4, 0.5) is 13.2 Å². The number of halogens is 9. The molecule has 576 valence electrons. The van der Waals surface area contributed by atoms with Crippen LogP contribution in [-0.4, -0.2) is 119 Å². The maximum atomic E-state index is 16.4. The highest BCUT2D eigenvalue weighted by atomic mass is 79.9. The fourth-order valence-electron chi connectivity index (χ4n) is 16.2. The Kier molecular flexibility index (Phi) is 26.1. The summed E-state index contributed by atoms with van der Waals surface area (Å²) in [7, 11) is 2.82. The molecular weight excluding hydrogens is 1580 g/mol. The molecule has 0 unspecified atom stereocenters. The quantitative estimate of drug-likeness (QED) is 0.0421. The predicted molar refractivity (Wildman–Crippen MR) is 410 cm³/mol. The number of aromatic carboxylic acids is 2. The van der Waals surface area contributed by atoms with Crippen LogP contribution in [0.1, 0.15) is 186 Å². The Hall–Kier alpha value is -7.29. The molecule has 0 aromatic heterocycles. The van der Waals surface area contributed by atoms with Gasteiger partial charge in [0.25, 0.3) is 11.8 Å². The molecule has 8 aromatic carbocycles. The maximum Gasteiger partial charge on any atom is 0.336 e. The van der Waals surface area contributed by atoms with Crippen LogP contribution in [-0.2, 0) is 65.0 Å². The molecule has 2 amide bonds. The van der Waals surface area contributed by atoms with E-state index >= 15 is 13.2 Å². The zero-order chi connectivity index (χ0) is 78.7. The number of hydrogen-bond acceptors (Lipinski definition) is 13. The van der Waals surface area contributed by atoms with Gasteiger partial charge in [0.1, 0.15) is 17.5 Å². The molecule has 5 aliphatic rings. The highest BCUT2D eigenvalue weighted by Gasteiger charge is 2.57. The summed E-state index contributed by atoms with van der Waals surface area (Å²) in [5.41, 5.74) is -5.24. The lowest BCUT2D eigenvalue weighted by molar-refractivity contribution is -0.0887. The molecule has 13 rings (SSSR count). The largest absolute Gasteiger partial charge is 0.478 e. The fourth-order valence-corrected chi connectivity index (χ4v) is 17.5. The molecule has 3 fully saturated rings. The first-order valence-corrected chi connectivity index (χ1v) is 38.4. The lowest BCUT2D eigenvalue weighted by Gasteiger charge is -2.39. The van der Waals surface area contributed by atoms with E-state index in [1.54, 1.807) is 79.7 Å². The molecule has 5 aliphatic heterocycles. The second kappa shape index (κ2) is 34.4. The number of amides is 2. The molecular formula is C83H81BrCl5F3N2O15.